The first kappa shape index (κ1) is 40.5. The Kier molecular flexibility index (Phi) is 11.3. The third-order valence-electron chi connectivity index (χ3n) is 11.3. The fraction of sp³-hybridized carbons (Fsp3) is 0.743. The van der Waals surface area contributed by atoms with E-state index in [1.54, 1.807) is 25.8 Å². The lowest BCUT2D eigenvalue weighted by atomic mass is 10.1. The Bertz CT molecular complexity index is 1630. The second-order valence-corrected chi connectivity index (χ2v) is 32.7. The maximum absolute atomic E-state index is 7.38. The van der Waals surface area contributed by atoms with E-state index in [0.717, 1.165) is 0 Å². The fourth-order valence-electron chi connectivity index (χ4n) is 4.89. The van der Waals surface area contributed by atoms with Crippen LogP contribution in [-0.4, -0.2) is 101 Å². The van der Waals surface area contributed by atoms with Crippen LogP contribution in [0.5, 0.6) is 5.88 Å². The summed E-state index contributed by atoms with van der Waals surface area (Å²) in [5, 5.41) is -0.0430. The lowest BCUT2D eigenvalue weighted by Crippen LogP contribution is -2.54. The molecule has 0 saturated carbocycles. The summed E-state index contributed by atoms with van der Waals surface area (Å²) in [4.78, 5) is 25.3. The normalized spacial score (nSPS) is 21.2. The van der Waals surface area contributed by atoms with Gasteiger partial charge in [-0.3, -0.25) is 4.57 Å². The first-order chi connectivity index (χ1) is 22.7. The van der Waals surface area contributed by atoms with E-state index in [9.17, 15) is 0 Å². The largest absolute Gasteiger partial charge is 0.479 e. The number of methoxy groups -OCH3 is 1. The molecule has 0 spiro atoms. The monoisotopic (exact) mass is 745 g/mol. The van der Waals surface area contributed by atoms with Crippen LogP contribution in [0, 0.1) is 0 Å². The number of rotatable bonds is 11. The Morgan fingerprint density at radius 1 is 0.760 bits per heavy atom. The molecule has 0 unspecified atom stereocenters. The lowest BCUT2D eigenvalue weighted by Gasteiger charge is -2.44. The number of imidazole rings is 1. The van der Waals surface area contributed by atoms with Crippen LogP contribution in [-0.2, 0) is 18.0 Å². The molecule has 0 aromatic carbocycles. The molecule has 1 fully saturated rings. The third kappa shape index (κ3) is 8.18. The van der Waals surface area contributed by atoms with Crippen molar-refractivity contribution in [1.29, 1.82) is 0 Å². The van der Waals surface area contributed by atoms with E-state index in [-0.39, 0.29) is 27.3 Å². The van der Waals surface area contributed by atoms with Crippen LogP contribution >= 0.6 is 0 Å². The van der Waals surface area contributed by atoms with Crippen LogP contribution < -0.4 is 9.64 Å². The van der Waals surface area contributed by atoms with Crippen molar-refractivity contribution < 1.29 is 22.8 Å². The number of aromatic nitrogens is 6. The Hall–Kier alpha value is -2.28. The molecule has 4 heterocycles. The van der Waals surface area contributed by atoms with Gasteiger partial charge in [0, 0.05) is 26.5 Å². The average molecular weight is 746 g/mol. The number of fused-ring (bicyclic) bond motifs is 1. The quantitative estimate of drug-likeness (QED) is 0.177. The molecular formula is C35H63N7O5Si3. The molecule has 1 aliphatic rings. The van der Waals surface area contributed by atoms with E-state index in [4.69, 9.17) is 37.7 Å². The Morgan fingerprint density at radius 2 is 1.28 bits per heavy atom. The van der Waals surface area contributed by atoms with Gasteiger partial charge < -0.3 is 27.7 Å². The van der Waals surface area contributed by atoms with Gasteiger partial charge in [0.05, 0.1) is 25.6 Å². The van der Waals surface area contributed by atoms with E-state index in [1.807, 2.05) is 23.6 Å². The Balaban J connectivity index is 1.91. The number of anilines is 1. The van der Waals surface area contributed by atoms with Gasteiger partial charge in [-0.2, -0.15) is 4.98 Å². The molecule has 0 aliphatic carbocycles. The molecule has 0 N–H and O–H groups in total. The van der Waals surface area contributed by atoms with Crippen molar-refractivity contribution in [3.8, 4) is 17.3 Å². The summed E-state index contributed by atoms with van der Waals surface area (Å²) in [6.45, 7) is 34.4. The summed E-state index contributed by atoms with van der Waals surface area (Å²) in [5.74, 6) is 1.37. The van der Waals surface area contributed by atoms with Crippen molar-refractivity contribution in [2.24, 2.45) is 0 Å². The molecule has 50 heavy (non-hydrogen) atoms. The van der Waals surface area contributed by atoms with Gasteiger partial charge in [-0.05, 0) is 54.4 Å². The average Bonchev–Trinajstić information content (AvgIpc) is 3.54. The van der Waals surface area contributed by atoms with Crippen LogP contribution in [0.1, 0.15) is 68.5 Å². The highest BCUT2D eigenvalue weighted by Gasteiger charge is 2.55. The van der Waals surface area contributed by atoms with Gasteiger partial charge in [-0.25, -0.2) is 19.9 Å². The van der Waals surface area contributed by atoms with Crippen LogP contribution in [0.15, 0.2) is 18.7 Å². The highest BCUT2D eigenvalue weighted by Crippen LogP contribution is 2.47. The van der Waals surface area contributed by atoms with Gasteiger partial charge in [0.2, 0.25) is 11.8 Å². The van der Waals surface area contributed by atoms with Crippen molar-refractivity contribution in [1.82, 2.24) is 29.5 Å². The molecule has 3 aromatic heterocycles. The Labute approximate surface area is 303 Å². The molecule has 15 heteroatoms. The van der Waals surface area contributed by atoms with E-state index in [0.29, 0.717) is 41.0 Å². The Morgan fingerprint density at radius 3 is 1.76 bits per heavy atom. The first-order valence-electron chi connectivity index (χ1n) is 17.6. The summed E-state index contributed by atoms with van der Waals surface area (Å²) >= 11 is 0. The van der Waals surface area contributed by atoms with Crippen molar-refractivity contribution >= 4 is 42.1 Å². The topological polar surface area (TPSA) is 119 Å². The number of hydrogen-bond acceptors (Lipinski definition) is 11. The summed E-state index contributed by atoms with van der Waals surface area (Å²) in [7, 11) is -1.41. The maximum atomic E-state index is 7.38. The summed E-state index contributed by atoms with van der Waals surface area (Å²) < 4.78 is 36.4. The minimum atomic E-state index is -2.36. The molecule has 0 radical (unpaired) electrons. The van der Waals surface area contributed by atoms with Gasteiger partial charge in [0.1, 0.15) is 18.3 Å². The van der Waals surface area contributed by atoms with Gasteiger partial charge in [-0.15, -0.1) is 0 Å². The summed E-state index contributed by atoms with van der Waals surface area (Å²) in [6.07, 6.45) is 3.37. The minimum Gasteiger partial charge on any atom is -0.479 e. The van der Waals surface area contributed by atoms with Crippen LogP contribution in [0.2, 0.25) is 54.4 Å². The van der Waals surface area contributed by atoms with Crippen LogP contribution in [0.25, 0.3) is 22.6 Å². The van der Waals surface area contributed by atoms with Gasteiger partial charge in [0.25, 0.3) is 0 Å². The summed E-state index contributed by atoms with van der Waals surface area (Å²) in [5.41, 5.74) is 1.75. The van der Waals surface area contributed by atoms with Crippen LogP contribution in [0.3, 0.4) is 0 Å². The van der Waals surface area contributed by atoms with Crippen molar-refractivity contribution in [2.45, 2.75) is 141 Å². The van der Waals surface area contributed by atoms with Crippen molar-refractivity contribution in [3.05, 3.63) is 18.7 Å². The number of nitrogens with zero attached hydrogens (tertiary/aromatic N) is 7. The predicted octanol–water partition coefficient (Wildman–Crippen LogP) is 8.06. The predicted molar refractivity (Wildman–Crippen MR) is 208 cm³/mol. The molecule has 0 bridgehead atoms. The van der Waals surface area contributed by atoms with Crippen LogP contribution in [0.4, 0.5) is 5.95 Å². The molecule has 3 aromatic rings. The second-order valence-electron chi connectivity index (χ2n) is 18.4. The van der Waals surface area contributed by atoms with Gasteiger partial charge in [-0.1, -0.05) is 62.3 Å². The standard InChI is InChI=1S/C35H63N7O5Si3/c1-33(2,3)48(13,14)44-21-24-26(46-49(15,16)34(4,5)6)27(47-50(17,18)35(7,8)9)31(45-24)42-22-38-25-29(42)39-28(40-30(25)43-12)23-19-36-32(37-20-23)41(10)11/h19-20,22,24,26-27,31H,21H2,1-18H3/t24-,26-,27-,31-/m1/s1. The smallest absolute Gasteiger partial charge is 0.245 e. The van der Waals surface area contributed by atoms with Gasteiger partial charge >= 0.3 is 0 Å². The van der Waals surface area contributed by atoms with E-state index < -0.39 is 37.3 Å². The molecule has 4 rings (SSSR count). The molecule has 1 aliphatic heterocycles. The number of ether oxygens (including phenoxy) is 2. The van der Waals surface area contributed by atoms with E-state index >= 15 is 0 Å². The zero-order valence-electron chi connectivity index (χ0n) is 33.9. The second kappa shape index (κ2) is 13.9. The lowest BCUT2D eigenvalue weighted by molar-refractivity contribution is -0.0470. The highest BCUT2D eigenvalue weighted by molar-refractivity contribution is 6.75. The molecule has 0 amide bonds. The number of hydrogen-bond donors (Lipinski definition) is 0. The van der Waals surface area contributed by atoms with E-state index in [2.05, 4.69) is 112 Å². The molecule has 1 saturated heterocycles. The van der Waals surface area contributed by atoms with E-state index in [1.165, 1.54) is 0 Å². The molecule has 4 atom stereocenters. The maximum Gasteiger partial charge on any atom is 0.245 e. The fourth-order valence-corrected chi connectivity index (χ4v) is 8.51. The zero-order chi connectivity index (χ0) is 37.8. The highest BCUT2D eigenvalue weighted by atomic mass is 28.4. The zero-order valence-corrected chi connectivity index (χ0v) is 36.9. The molecule has 280 valence electrons. The third-order valence-corrected chi connectivity index (χ3v) is 24.8. The molecule has 12 nitrogen and oxygen atoms in total. The van der Waals surface area contributed by atoms with Crippen molar-refractivity contribution in [2.75, 3.05) is 32.7 Å². The first-order valence-corrected chi connectivity index (χ1v) is 26.4. The molecular weight excluding hydrogens is 683 g/mol. The van der Waals surface area contributed by atoms with Crippen molar-refractivity contribution in [3.63, 3.8) is 0 Å². The SMILES string of the molecule is COc1nc(-c2cnc(N(C)C)nc2)nc2c1ncn2[C@@H]1O[C@H](CO[Si](C)(C)C(C)(C)C)[C@@H](O[Si](C)(C)C(C)(C)C)[C@H]1O[Si](C)(C)C(C)(C)C. The minimum absolute atomic E-state index is 0.0289. The summed E-state index contributed by atoms with van der Waals surface area (Å²) in [6, 6.07) is 0. The van der Waals surface area contributed by atoms with Gasteiger partial charge in [0.15, 0.2) is 48.2 Å².